The Balaban J connectivity index is 1.78. The first kappa shape index (κ1) is 23.3. The third kappa shape index (κ3) is 5.12. The molecule has 31 heavy (non-hydrogen) atoms. The molecular formula is C18H21Cl2N5O5S. The molecule has 2 aromatic rings. The van der Waals surface area contributed by atoms with Crippen molar-refractivity contribution in [3.63, 3.8) is 0 Å². The van der Waals surface area contributed by atoms with Crippen LogP contribution in [-0.2, 0) is 4.79 Å². The lowest BCUT2D eigenvalue weighted by molar-refractivity contribution is -0.126. The molecule has 1 aliphatic rings. The van der Waals surface area contributed by atoms with E-state index in [4.69, 9.17) is 33.4 Å². The van der Waals surface area contributed by atoms with Gasteiger partial charge in [-0.3, -0.25) is 9.59 Å². The molecule has 3 rings (SSSR count). The summed E-state index contributed by atoms with van der Waals surface area (Å²) in [6.45, 7) is 2.22. The average molecular weight is 490 g/mol. The van der Waals surface area contributed by atoms with E-state index in [-0.39, 0.29) is 46.2 Å². The number of H-pyrrole nitrogens is 1. The highest BCUT2D eigenvalue weighted by Gasteiger charge is 2.37. The number of nitrogens with one attached hydrogen (secondary N) is 3. The molecule has 0 radical (unpaired) electrons. The van der Waals surface area contributed by atoms with Crippen molar-refractivity contribution in [1.82, 2.24) is 20.6 Å². The number of aryl methyl sites for hydroxylation is 1. The number of carbonyl (C=O) groups excluding carboxylic acids is 2. The van der Waals surface area contributed by atoms with Crippen LogP contribution in [-0.4, -0.2) is 70.2 Å². The summed E-state index contributed by atoms with van der Waals surface area (Å²) in [4.78, 5) is 45.5. The van der Waals surface area contributed by atoms with Crippen LogP contribution < -0.4 is 15.5 Å². The Morgan fingerprint density at radius 1 is 1.35 bits per heavy atom. The van der Waals surface area contributed by atoms with E-state index in [1.54, 1.807) is 6.92 Å². The summed E-state index contributed by atoms with van der Waals surface area (Å²) in [5.74, 6) is -2.56. The summed E-state index contributed by atoms with van der Waals surface area (Å²) in [7, 11) is 0. The van der Waals surface area contributed by atoms with Gasteiger partial charge in [-0.1, -0.05) is 34.5 Å². The van der Waals surface area contributed by atoms with Crippen LogP contribution in [0, 0.1) is 12.8 Å². The number of piperidine rings is 1. The lowest BCUT2D eigenvalue weighted by Crippen LogP contribution is -2.56. The van der Waals surface area contributed by atoms with Gasteiger partial charge in [0.2, 0.25) is 5.91 Å². The number of carboxylic acid groups (broad SMARTS) is 1. The van der Waals surface area contributed by atoms with Gasteiger partial charge in [0.1, 0.15) is 10.6 Å². The molecule has 1 saturated heterocycles. The number of aromatic amines is 1. The topological polar surface area (TPSA) is 148 Å². The van der Waals surface area contributed by atoms with Crippen LogP contribution in [0.15, 0.2) is 6.20 Å². The number of aromatic carboxylic acids is 1. The smallest absolute Gasteiger partial charge is 0.347 e. The van der Waals surface area contributed by atoms with Crippen LogP contribution in [0.25, 0.3) is 0 Å². The highest BCUT2D eigenvalue weighted by Crippen LogP contribution is 2.31. The number of thiazole rings is 1. The Bertz CT molecular complexity index is 994. The largest absolute Gasteiger partial charge is 0.477 e. The van der Waals surface area contributed by atoms with E-state index in [0.717, 1.165) is 11.3 Å². The maximum atomic E-state index is 12.8. The summed E-state index contributed by atoms with van der Waals surface area (Å²) >= 11 is 13.2. The van der Waals surface area contributed by atoms with Gasteiger partial charge >= 0.3 is 5.97 Å². The minimum atomic E-state index is -1.07. The van der Waals surface area contributed by atoms with Crippen molar-refractivity contribution in [2.45, 2.75) is 19.4 Å². The fraction of sp³-hybridized carbons (Fsp3) is 0.444. The molecule has 0 spiro atoms. The van der Waals surface area contributed by atoms with Crippen molar-refractivity contribution < 1.29 is 24.6 Å². The van der Waals surface area contributed by atoms with Crippen molar-refractivity contribution in [1.29, 1.82) is 0 Å². The van der Waals surface area contributed by atoms with Gasteiger partial charge in [-0.15, -0.1) is 0 Å². The van der Waals surface area contributed by atoms with Crippen LogP contribution in [0.2, 0.25) is 10.0 Å². The first-order chi connectivity index (χ1) is 14.7. The number of nitrogens with zero attached hydrogens (tertiary/aromatic N) is 2. The zero-order chi connectivity index (χ0) is 22.7. The number of aromatic nitrogens is 2. The molecule has 1 fully saturated rings. The molecule has 0 bridgehead atoms. The molecule has 1 aliphatic heterocycles. The fourth-order valence-electron chi connectivity index (χ4n) is 3.35. The van der Waals surface area contributed by atoms with Crippen LogP contribution in [0.1, 0.15) is 32.3 Å². The first-order valence-electron chi connectivity index (χ1n) is 9.40. The van der Waals surface area contributed by atoms with Gasteiger partial charge in [-0.05, 0) is 13.3 Å². The van der Waals surface area contributed by atoms with Gasteiger partial charge in [0.15, 0.2) is 5.13 Å². The van der Waals surface area contributed by atoms with Crippen molar-refractivity contribution in [2.75, 3.05) is 31.1 Å². The number of hydrogen-bond acceptors (Lipinski definition) is 7. The van der Waals surface area contributed by atoms with E-state index in [1.807, 2.05) is 4.90 Å². The number of hydrogen-bond donors (Lipinski definition) is 5. The number of anilines is 1. The van der Waals surface area contributed by atoms with Crippen LogP contribution >= 0.6 is 34.5 Å². The zero-order valence-corrected chi connectivity index (χ0v) is 18.8. The summed E-state index contributed by atoms with van der Waals surface area (Å²) in [6, 6.07) is -0.514. The molecule has 0 saturated carbocycles. The van der Waals surface area contributed by atoms with Crippen LogP contribution in [0.5, 0.6) is 0 Å². The molecule has 0 aliphatic carbocycles. The van der Waals surface area contributed by atoms with E-state index in [0.29, 0.717) is 23.8 Å². The number of aliphatic hydroxyl groups is 1. The first-order valence-corrected chi connectivity index (χ1v) is 11.0. The van der Waals surface area contributed by atoms with Crippen molar-refractivity contribution in [3.8, 4) is 0 Å². The third-order valence-corrected chi connectivity index (χ3v) is 6.93. The van der Waals surface area contributed by atoms with Crippen molar-refractivity contribution >= 4 is 57.5 Å². The molecular weight excluding hydrogens is 469 g/mol. The minimum absolute atomic E-state index is 0.0771. The Kier molecular flexibility index (Phi) is 7.42. The zero-order valence-electron chi connectivity index (χ0n) is 16.4. The molecule has 2 amide bonds. The highest BCUT2D eigenvalue weighted by atomic mass is 35.5. The SMILES string of the molecule is Cc1[nH]c(C(=O)N[C@@H]2CCN(c3ncc(C(=O)O)s3)C[C@@H]2C(=O)NCCO)c(Cl)c1Cl. The molecule has 10 nitrogen and oxygen atoms in total. The van der Waals surface area contributed by atoms with Gasteiger partial charge in [0, 0.05) is 31.4 Å². The molecule has 168 valence electrons. The van der Waals surface area contributed by atoms with E-state index in [1.165, 1.54) is 6.20 Å². The number of amides is 2. The van der Waals surface area contributed by atoms with E-state index in [2.05, 4.69) is 20.6 Å². The van der Waals surface area contributed by atoms with E-state index < -0.39 is 23.8 Å². The van der Waals surface area contributed by atoms with Gasteiger partial charge < -0.3 is 30.7 Å². The normalized spacial score (nSPS) is 18.6. The second-order valence-electron chi connectivity index (χ2n) is 7.00. The Morgan fingerprint density at radius 2 is 2.10 bits per heavy atom. The molecule has 0 unspecified atom stereocenters. The Hall–Kier alpha value is -2.34. The van der Waals surface area contributed by atoms with Crippen molar-refractivity contribution in [2.24, 2.45) is 5.92 Å². The number of carboxylic acids is 1. The fourth-order valence-corrected chi connectivity index (χ4v) is 4.56. The highest BCUT2D eigenvalue weighted by molar-refractivity contribution is 7.17. The number of rotatable bonds is 7. The molecule has 3 heterocycles. The predicted octanol–water partition coefficient (Wildman–Crippen LogP) is 1.52. The molecule has 2 aromatic heterocycles. The monoisotopic (exact) mass is 489 g/mol. The molecule has 0 aromatic carbocycles. The lowest BCUT2D eigenvalue weighted by atomic mass is 9.91. The standard InChI is InChI=1S/C18H21Cl2N5O5S/c1-8-12(19)13(20)14(23-8)16(28)24-10-2-4-25(7-9(10)15(27)21-3-5-26)18-22-6-11(31-18)17(29)30/h6,9-10,23,26H,2-5,7H2,1H3,(H,21,27)(H,24,28)(H,29,30)/t9-,10+/m0/s1. The van der Waals surface area contributed by atoms with E-state index in [9.17, 15) is 14.4 Å². The number of halogens is 2. The number of aliphatic hydroxyl groups excluding tert-OH is 1. The average Bonchev–Trinajstić information content (AvgIpc) is 3.34. The summed E-state index contributed by atoms with van der Waals surface area (Å²) in [5, 5.41) is 24.5. The van der Waals surface area contributed by atoms with Crippen molar-refractivity contribution in [3.05, 3.63) is 32.5 Å². The molecule has 2 atom stereocenters. The molecule has 13 heteroatoms. The van der Waals surface area contributed by atoms with Crippen LogP contribution in [0.4, 0.5) is 5.13 Å². The van der Waals surface area contributed by atoms with Gasteiger partial charge in [-0.25, -0.2) is 9.78 Å². The second-order valence-corrected chi connectivity index (χ2v) is 8.77. The van der Waals surface area contributed by atoms with Gasteiger partial charge in [0.05, 0.1) is 28.8 Å². The Labute approximate surface area is 191 Å². The van der Waals surface area contributed by atoms with Gasteiger partial charge in [-0.2, -0.15) is 0 Å². The van der Waals surface area contributed by atoms with Gasteiger partial charge in [0.25, 0.3) is 5.91 Å². The Morgan fingerprint density at radius 3 is 2.68 bits per heavy atom. The van der Waals surface area contributed by atoms with E-state index >= 15 is 0 Å². The maximum Gasteiger partial charge on any atom is 0.347 e. The number of carbonyl (C=O) groups is 3. The maximum absolute atomic E-state index is 12.8. The van der Waals surface area contributed by atoms with Crippen LogP contribution in [0.3, 0.4) is 0 Å². The predicted molar refractivity (Wildman–Crippen MR) is 116 cm³/mol. The summed E-state index contributed by atoms with van der Waals surface area (Å²) in [6.07, 6.45) is 1.69. The lowest BCUT2D eigenvalue weighted by Gasteiger charge is -2.38. The molecule has 5 N–H and O–H groups in total. The quantitative estimate of drug-likeness (QED) is 0.395. The minimum Gasteiger partial charge on any atom is -0.477 e. The second kappa shape index (κ2) is 9.86. The summed E-state index contributed by atoms with van der Waals surface area (Å²) < 4.78 is 0. The third-order valence-electron chi connectivity index (χ3n) is 4.93. The summed E-state index contributed by atoms with van der Waals surface area (Å²) in [5.41, 5.74) is 0.675.